The summed E-state index contributed by atoms with van der Waals surface area (Å²) in [6.07, 6.45) is 1.33. The zero-order valence-electron chi connectivity index (χ0n) is 14.6. The molecule has 1 aromatic carbocycles. The summed E-state index contributed by atoms with van der Waals surface area (Å²) in [5, 5.41) is 0.288. The van der Waals surface area contributed by atoms with Crippen molar-refractivity contribution in [2.75, 3.05) is 7.11 Å². The number of methoxy groups -OCH3 is 1. The van der Waals surface area contributed by atoms with Crippen LogP contribution in [-0.2, 0) is 0 Å². The smallest absolute Gasteiger partial charge is 0.279 e. The van der Waals surface area contributed by atoms with E-state index >= 15 is 0 Å². The molecule has 0 bridgehead atoms. The van der Waals surface area contributed by atoms with Gasteiger partial charge in [0, 0.05) is 11.1 Å². The van der Waals surface area contributed by atoms with E-state index in [0.717, 1.165) is 21.8 Å². The van der Waals surface area contributed by atoms with Gasteiger partial charge in [0.05, 0.1) is 17.6 Å². The Morgan fingerprint density at radius 2 is 1.78 bits per heavy atom. The van der Waals surface area contributed by atoms with Gasteiger partial charge in [-0.05, 0) is 48.4 Å². The number of thiophene rings is 1. The molecule has 0 atom stereocenters. The zero-order valence-corrected chi connectivity index (χ0v) is 16.1. The molecule has 0 fully saturated rings. The summed E-state index contributed by atoms with van der Waals surface area (Å²) >= 11 is 7.04. The highest BCUT2D eigenvalue weighted by atomic mass is 35.5. The van der Waals surface area contributed by atoms with Crippen LogP contribution in [0.5, 0.6) is 5.75 Å². The SMILES string of the molecule is COc1ccc(-c2cc(C(=O)NNC(=O)c3ccc(Cl)nc3)sc2C)cc1. The zero-order chi connectivity index (χ0) is 19.4. The van der Waals surface area contributed by atoms with E-state index in [0.29, 0.717) is 10.4 Å². The number of carbonyl (C=O) groups excluding carboxylic acids is 2. The molecule has 27 heavy (non-hydrogen) atoms. The summed E-state index contributed by atoms with van der Waals surface area (Å²) in [6.45, 7) is 1.94. The molecule has 2 aromatic heterocycles. The van der Waals surface area contributed by atoms with Crippen LogP contribution in [0.25, 0.3) is 11.1 Å². The highest BCUT2D eigenvalue weighted by Crippen LogP contribution is 2.31. The number of aromatic nitrogens is 1. The molecule has 0 unspecified atom stereocenters. The van der Waals surface area contributed by atoms with Crippen molar-refractivity contribution in [3.63, 3.8) is 0 Å². The summed E-state index contributed by atoms with van der Waals surface area (Å²) < 4.78 is 5.16. The van der Waals surface area contributed by atoms with E-state index in [1.165, 1.54) is 29.7 Å². The fraction of sp³-hybridized carbons (Fsp3) is 0.105. The molecule has 0 saturated carbocycles. The summed E-state index contributed by atoms with van der Waals surface area (Å²) in [7, 11) is 1.61. The minimum Gasteiger partial charge on any atom is -0.497 e. The number of hydrogen-bond donors (Lipinski definition) is 2. The molecule has 6 nitrogen and oxygen atoms in total. The average Bonchev–Trinajstić information content (AvgIpc) is 3.08. The quantitative estimate of drug-likeness (QED) is 0.514. The van der Waals surface area contributed by atoms with Crippen molar-refractivity contribution in [3.8, 4) is 16.9 Å². The highest BCUT2D eigenvalue weighted by molar-refractivity contribution is 7.14. The Kier molecular flexibility index (Phi) is 5.73. The Balaban J connectivity index is 1.68. The number of halogens is 1. The van der Waals surface area contributed by atoms with Crippen molar-refractivity contribution < 1.29 is 14.3 Å². The first-order valence-electron chi connectivity index (χ1n) is 7.95. The van der Waals surface area contributed by atoms with Gasteiger partial charge < -0.3 is 4.74 Å². The van der Waals surface area contributed by atoms with Crippen LogP contribution < -0.4 is 15.6 Å². The van der Waals surface area contributed by atoms with E-state index in [-0.39, 0.29) is 5.15 Å². The number of amides is 2. The third kappa shape index (κ3) is 4.45. The summed E-state index contributed by atoms with van der Waals surface area (Å²) in [6, 6.07) is 12.4. The van der Waals surface area contributed by atoms with Crippen molar-refractivity contribution in [2.24, 2.45) is 0 Å². The Bertz CT molecular complexity index is 969. The number of aryl methyl sites for hydroxylation is 1. The van der Waals surface area contributed by atoms with Crippen LogP contribution in [0.2, 0.25) is 5.15 Å². The molecule has 8 heteroatoms. The lowest BCUT2D eigenvalue weighted by Gasteiger charge is -2.06. The van der Waals surface area contributed by atoms with Crippen LogP contribution in [0.1, 0.15) is 24.9 Å². The third-order valence-corrected chi connectivity index (χ3v) is 5.09. The van der Waals surface area contributed by atoms with Crippen LogP contribution in [0, 0.1) is 6.92 Å². The van der Waals surface area contributed by atoms with Crippen molar-refractivity contribution in [1.82, 2.24) is 15.8 Å². The lowest BCUT2D eigenvalue weighted by Crippen LogP contribution is -2.41. The first kappa shape index (κ1) is 18.9. The number of benzene rings is 1. The molecule has 3 rings (SSSR count). The molecule has 2 amide bonds. The minimum atomic E-state index is -0.476. The second kappa shape index (κ2) is 8.20. The van der Waals surface area contributed by atoms with E-state index in [1.807, 2.05) is 31.2 Å². The lowest BCUT2D eigenvalue weighted by atomic mass is 10.1. The van der Waals surface area contributed by atoms with Gasteiger partial charge in [-0.1, -0.05) is 23.7 Å². The predicted molar refractivity (Wildman–Crippen MR) is 105 cm³/mol. The molecule has 2 heterocycles. The van der Waals surface area contributed by atoms with Gasteiger partial charge in [0.25, 0.3) is 11.8 Å². The number of rotatable bonds is 4. The molecule has 0 saturated heterocycles. The largest absolute Gasteiger partial charge is 0.497 e. The number of pyridine rings is 1. The standard InChI is InChI=1S/C19H16ClN3O3S/c1-11-15(12-3-6-14(26-2)7-4-12)9-16(27-11)19(25)23-22-18(24)13-5-8-17(20)21-10-13/h3-10H,1-2H3,(H,22,24)(H,23,25). The molecule has 138 valence electrons. The van der Waals surface area contributed by atoms with E-state index in [9.17, 15) is 9.59 Å². The number of nitrogens with one attached hydrogen (secondary N) is 2. The number of carbonyl (C=O) groups is 2. The number of hydrogen-bond acceptors (Lipinski definition) is 5. The van der Waals surface area contributed by atoms with Crippen LogP contribution in [-0.4, -0.2) is 23.9 Å². The monoisotopic (exact) mass is 401 g/mol. The van der Waals surface area contributed by atoms with Crippen LogP contribution in [0.3, 0.4) is 0 Å². The highest BCUT2D eigenvalue weighted by Gasteiger charge is 2.15. The minimum absolute atomic E-state index is 0.288. The van der Waals surface area contributed by atoms with E-state index in [4.69, 9.17) is 16.3 Å². The van der Waals surface area contributed by atoms with E-state index < -0.39 is 11.8 Å². The fourth-order valence-electron chi connectivity index (χ4n) is 2.41. The van der Waals surface area contributed by atoms with Gasteiger partial charge in [-0.25, -0.2) is 4.98 Å². The maximum absolute atomic E-state index is 12.4. The molecule has 0 aliphatic carbocycles. The second-order valence-electron chi connectivity index (χ2n) is 5.59. The average molecular weight is 402 g/mol. The molecule has 0 spiro atoms. The second-order valence-corrected chi connectivity index (χ2v) is 7.23. The molecular weight excluding hydrogens is 386 g/mol. The summed E-state index contributed by atoms with van der Waals surface area (Å²) in [4.78, 5) is 29.7. The predicted octanol–water partition coefficient (Wildman–Crippen LogP) is 3.86. The van der Waals surface area contributed by atoms with Gasteiger partial charge in [-0.3, -0.25) is 20.4 Å². The van der Waals surface area contributed by atoms with Gasteiger partial charge >= 0.3 is 0 Å². The maximum atomic E-state index is 12.4. The van der Waals surface area contributed by atoms with Gasteiger partial charge in [0.1, 0.15) is 10.9 Å². The first-order valence-corrected chi connectivity index (χ1v) is 9.14. The van der Waals surface area contributed by atoms with Crippen LogP contribution in [0.15, 0.2) is 48.7 Å². The number of hydrazine groups is 1. The van der Waals surface area contributed by atoms with Gasteiger partial charge in [0.2, 0.25) is 0 Å². The Labute approximate surface area is 165 Å². The van der Waals surface area contributed by atoms with Crippen molar-refractivity contribution in [3.05, 3.63) is 69.1 Å². The number of nitrogens with zero attached hydrogens (tertiary/aromatic N) is 1. The molecule has 0 aliphatic rings. The lowest BCUT2D eigenvalue weighted by molar-refractivity contribution is 0.0848. The fourth-order valence-corrected chi connectivity index (χ4v) is 3.46. The van der Waals surface area contributed by atoms with Crippen LogP contribution in [0.4, 0.5) is 0 Å². The van der Waals surface area contributed by atoms with Crippen molar-refractivity contribution >= 4 is 34.8 Å². The topological polar surface area (TPSA) is 80.3 Å². The van der Waals surface area contributed by atoms with Gasteiger partial charge in [0.15, 0.2) is 0 Å². The van der Waals surface area contributed by atoms with E-state index in [2.05, 4.69) is 15.8 Å². The van der Waals surface area contributed by atoms with Gasteiger partial charge in [-0.2, -0.15) is 0 Å². The molecule has 2 N–H and O–H groups in total. The Morgan fingerprint density at radius 1 is 1.07 bits per heavy atom. The Morgan fingerprint density at radius 3 is 2.41 bits per heavy atom. The molecule has 0 radical (unpaired) electrons. The molecule has 0 aliphatic heterocycles. The molecule has 3 aromatic rings. The van der Waals surface area contributed by atoms with Crippen molar-refractivity contribution in [1.29, 1.82) is 0 Å². The van der Waals surface area contributed by atoms with E-state index in [1.54, 1.807) is 13.2 Å². The maximum Gasteiger partial charge on any atom is 0.279 e. The van der Waals surface area contributed by atoms with Crippen molar-refractivity contribution in [2.45, 2.75) is 6.92 Å². The summed E-state index contributed by atoms with van der Waals surface area (Å²) in [5.41, 5.74) is 7.02. The van der Waals surface area contributed by atoms with Gasteiger partial charge in [-0.15, -0.1) is 11.3 Å². The number of ether oxygens (including phenoxy) is 1. The normalized spacial score (nSPS) is 10.3. The first-order chi connectivity index (χ1) is 13.0. The third-order valence-electron chi connectivity index (χ3n) is 3.82. The Hall–Kier alpha value is -2.90. The molecular formula is C19H16ClN3O3S. The summed E-state index contributed by atoms with van der Waals surface area (Å²) in [5.74, 6) is -0.0988. The van der Waals surface area contributed by atoms with Crippen LogP contribution >= 0.6 is 22.9 Å².